The van der Waals surface area contributed by atoms with E-state index in [0.717, 1.165) is 11.8 Å². The summed E-state index contributed by atoms with van der Waals surface area (Å²) in [6.07, 6.45) is 5.51. The normalized spacial score (nSPS) is 24.9. The fourth-order valence-electron chi connectivity index (χ4n) is 3.07. The highest BCUT2D eigenvalue weighted by Gasteiger charge is 2.27. The van der Waals surface area contributed by atoms with Crippen LogP contribution in [0, 0.1) is 18.8 Å². The van der Waals surface area contributed by atoms with E-state index < -0.39 is 0 Å². The molecule has 2 unspecified atom stereocenters. The minimum absolute atomic E-state index is 0.671. The van der Waals surface area contributed by atoms with Gasteiger partial charge in [-0.1, -0.05) is 44.9 Å². The van der Waals surface area contributed by atoms with Crippen LogP contribution in [-0.4, -0.2) is 6.04 Å². The Morgan fingerprint density at radius 1 is 1.12 bits per heavy atom. The van der Waals surface area contributed by atoms with Gasteiger partial charge in [0.05, 0.1) is 0 Å². The van der Waals surface area contributed by atoms with E-state index in [9.17, 15) is 0 Å². The van der Waals surface area contributed by atoms with Crippen LogP contribution in [0.2, 0.25) is 0 Å². The molecule has 2 atom stereocenters. The molecule has 1 nitrogen and oxygen atoms in total. The second-order valence-electron chi connectivity index (χ2n) is 5.76. The van der Waals surface area contributed by atoms with Gasteiger partial charge in [0.15, 0.2) is 0 Å². The first-order chi connectivity index (χ1) is 8.18. The van der Waals surface area contributed by atoms with Gasteiger partial charge in [-0.3, -0.25) is 0 Å². The van der Waals surface area contributed by atoms with Gasteiger partial charge in [0.25, 0.3) is 0 Å². The van der Waals surface area contributed by atoms with Crippen LogP contribution < -0.4 is 5.32 Å². The number of anilines is 1. The number of hydrogen-bond donors (Lipinski definition) is 1. The van der Waals surface area contributed by atoms with Crippen LogP contribution in [0.25, 0.3) is 0 Å². The second-order valence-corrected chi connectivity index (χ2v) is 5.76. The van der Waals surface area contributed by atoms with Gasteiger partial charge in [-0.2, -0.15) is 0 Å². The van der Waals surface area contributed by atoms with E-state index in [1.165, 1.54) is 36.9 Å². The molecule has 0 aliphatic heterocycles. The molecule has 1 heteroatoms. The van der Waals surface area contributed by atoms with Crippen molar-refractivity contribution >= 4 is 5.69 Å². The Morgan fingerprint density at radius 3 is 2.53 bits per heavy atom. The van der Waals surface area contributed by atoms with Crippen molar-refractivity contribution < 1.29 is 0 Å². The van der Waals surface area contributed by atoms with Crippen molar-refractivity contribution in [1.82, 2.24) is 0 Å². The summed E-state index contributed by atoms with van der Waals surface area (Å²) >= 11 is 0. The summed E-state index contributed by atoms with van der Waals surface area (Å²) in [6, 6.07) is 9.31. The summed E-state index contributed by atoms with van der Waals surface area (Å²) in [4.78, 5) is 0. The molecule has 0 amide bonds. The zero-order valence-electron chi connectivity index (χ0n) is 11.4. The highest BCUT2D eigenvalue weighted by Crippen LogP contribution is 2.32. The highest BCUT2D eigenvalue weighted by molar-refractivity contribution is 5.51. The summed E-state index contributed by atoms with van der Waals surface area (Å²) in [5.74, 6) is 1.63. The predicted octanol–water partition coefficient (Wildman–Crippen LogP) is 4.62. The number of hydrogen-bond acceptors (Lipinski definition) is 1. The molecular formula is C16H25N. The summed E-state index contributed by atoms with van der Waals surface area (Å²) < 4.78 is 0. The molecule has 1 aromatic rings. The Hall–Kier alpha value is -0.980. The van der Waals surface area contributed by atoms with Crippen molar-refractivity contribution in [2.75, 3.05) is 5.32 Å². The molecule has 0 spiro atoms. The number of aryl methyl sites for hydroxylation is 1. The van der Waals surface area contributed by atoms with E-state index in [-0.39, 0.29) is 0 Å². The molecule has 0 saturated heterocycles. The third-order valence-corrected chi connectivity index (χ3v) is 4.16. The van der Waals surface area contributed by atoms with Gasteiger partial charge in [0.2, 0.25) is 0 Å². The van der Waals surface area contributed by atoms with E-state index in [1.54, 1.807) is 0 Å². The summed E-state index contributed by atoms with van der Waals surface area (Å²) in [7, 11) is 0. The Morgan fingerprint density at radius 2 is 1.82 bits per heavy atom. The minimum atomic E-state index is 0.671. The molecule has 0 radical (unpaired) electrons. The Bertz CT molecular complexity index is 356. The van der Waals surface area contributed by atoms with Crippen LogP contribution in [-0.2, 0) is 0 Å². The van der Waals surface area contributed by atoms with E-state index in [4.69, 9.17) is 0 Å². The lowest BCUT2D eigenvalue weighted by Crippen LogP contribution is -2.35. The second kappa shape index (κ2) is 5.57. The van der Waals surface area contributed by atoms with E-state index >= 15 is 0 Å². The van der Waals surface area contributed by atoms with Gasteiger partial charge in [-0.25, -0.2) is 0 Å². The molecule has 1 N–H and O–H groups in total. The Labute approximate surface area is 106 Å². The number of nitrogens with one attached hydrogen (secondary N) is 1. The Kier molecular flexibility index (Phi) is 4.09. The molecule has 94 valence electrons. The highest BCUT2D eigenvalue weighted by atomic mass is 14.9. The molecule has 1 saturated carbocycles. The molecule has 2 rings (SSSR count). The molecule has 0 heterocycles. The van der Waals surface area contributed by atoms with E-state index in [1.807, 2.05) is 0 Å². The van der Waals surface area contributed by atoms with Gasteiger partial charge in [0, 0.05) is 11.7 Å². The smallest absolute Gasteiger partial charge is 0.0372 e. The van der Waals surface area contributed by atoms with Gasteiger partial charge in [0.1, 0.15) is 0 Å². The molecule has 17 heavy (non-hydrogen) atoms. The average molecular weight is 231 g/mol. The molecule has 1 aliphatic carbocycles. The lowest BCUT2D eigenvalue weighted by molar-refractivity contribution is 0.254. The van der Waals surface area contributed by atoms with Crippen molar-refractivity contribution in [1.29, 1.82) is 0 Å². The first kappa shape index (κ1) is 12.5. The number of benzene rings is 1. The van der Waals surface area contributed by atoms with Crippen LogP contribution in [0.5, 0.6) is 0 Å². The van der Waals surface area contributed by atoms with Crippen LogP contribution >= 0.6 is 0 Å². The van der Waals surface area contributed by atoms with Crippen molar-refractivity contribution in [3.63, 3.8) is 0 Å². The van der Waals surface area contributed by atoms with Gasteiger partial charge in [-0.05, 0) is 43.2 Å². The number of rotatable bonds is 3. The molecule has 1 aromatic carbocycles. The zero-order valence-corrected chi connectivity index (χ0v) is 11.4. The van der Waals surface area contributed by atoms with Gasteiger partial charge >= 0.3 is 0 Å². The Balaban J connectivity index is 2.08. The summed E-state index contributed by atoms with van der Waals surface area (Å²) in [5.41, 5.74) is 2.69. The van der Waals surface area contributed by atoms with Crippen molar-refractivity contribution in [3.8, 4) is 0 Å². The van der Waals surface area contributed by atoms with Crippen molar-refractivity contribution in [3.05, 3.63) is 29.8 Å². The van der Waals surface area contributed by atoms with Crippen molar-refractivity contribution in [2.45, 2.75) is 52.5 Å². The number of para-hydroxylation sites is 1. The van der Waals surface area contributed by atoms with Gasteiger partial charge in [-0.15, -0.1) is 0 Å². The van der Waals surface area contributed by atoms with Crippen LogP contribution in [0.15, 0.2) is 24.3 Å². The lowest BCUT2D eigenvalue weighted by atomic mass is 9.77. The average Bonchev–Trinajstić information content (AvgIpc) is 2.32. The van der Waals surface area contributed by atoms with Crippen LogP contribution in [0.3, 0.4) is 0 Å². The fourth-order valence-corrected chi connectivity index (χ4v) is 3.07. The third-order valence-electron chi connectivity index (χ3n) is 4.16. The standard InChI is InChI=1S/C16H25N/c1-12(2)14-9-5-7-11-16(14)17-15-10-6-4-8-13(15)3/h4,6,8,10,12,14,16-17H,5,7,9,11H2,1-3H3. The van der Waals surface area contributed by atoms with E-state index in [0.29, 0.717) is 6.04 Å². The summed E-state index contributed by atoms with van der Waals surface area (Å²) in [5, 5.41) is 3.78. The maximum absolute atomic E-state index is 3.78. The first-order valence-corrected chi connectivity index (χ1v) is 7.00. The lowest BCUT2D eigenvalue weighted by Gasteiger charge is -2.36. The monoisotopic (exact) mass is 231 g/mol. The van der Waals surface area contributed by atoms with Gasteiger partial charge < -0.3 is 5.32 Å². The molecular weight excluding hydrogens is 206 g/mol. The fraction of sp³-hybridized carbons (Fsp3) is 0.625. The quantitative estimate of drug-likeness (QED) is 0.800. The maximum atomic E-state index is 3.78. The van der Waals surface area contributed by atoms with Crippen LogP contribution in [0.1, 0.15) is 45.1 Å². The topological polar surface area (TPSA) is 12.0 Å². The van der Waals surface area contributed by atoms with Crippen LogP contribution in [0.4, 0.5) is 5.69 Å². The largest absolute Gasteiger partial charge is 0.382 e. The maximum Gasteiger partial charge on any atom is 0.0372 e. The zero-order chi connectivity index (χ0) is 12.3. The SMILES string of the molecule is Cc1ccccc1NC1CCCCC1C(C)C. The predicted molar refractivity (Wildman–Crippen MR) is 75.4 cm³/mol. The summed E-state index contributed by atoms with van der Waals surface area (Å²) in [6.45, 7) is 6.92. The van der Waals surface area contributed by atoms with E-state index in [2.05, 4.69) is 50.4 Å². The minimum Gasteiger partial charge on any atom is -0.382 e. The first-order valence-electron chi connectivity index (χ1n) is 7.00. The third kappa shape index (κ3) is 3.02. The molecule has 1 aliphatic rings. The van der Waals surface area contributed by atoms with Crippen molar-refractivity contribution in [2.24, 2.45) is 11.8 Å². The molecule has 0 bridgehead atoms. The molecule has 1 fully saturated rings. The molecule has 0 aromatic heterocycles.